The van der Waals surface area contributed by atoms with Crippen molar-refractivity contribution in [1.82, 2.24) is 15.0 Å². The number of hydrogen-bond donors (Lipinski definition) is 0. The van der Waals surface area contributed by atoms with E-state index in [9.17, 15) is 0 Å². The molecule has 0 unspecified atom stereocenters. The summed E-state index contributed by atoms with van der Waals surface area (Å²) < 4.78 is 76.8. The summed E-state index contributed by atoms with van der Waals surface area (Å²) in [7, 11) is 0. The molecule has 0 fully saturated rings. The summed E-state index contributed by atoms with van der Waals surface area (Å²) in [5, 5.41) is 1.88. The molecule has 4 aromatic heterocycles. The van der Waals surface area contributed by atoms with Crippen LogP contribution in [0, 0.1) is 31.3 Å². The third-order valence-electron chi connectivity index (χ3n) is 8.50. The monoisotopic (exact) mass is 859 g/mol. The van der Waals surface area contributed by atoms with Crippen LogP contribution < -0.4 is 0 Å². The molecule has 263 valence electrons. The van der Waals surface area contributed by atoms with E-state index in [-0.39, 0.29) is 36.6 Å². The number of rotatable bonds is 6. The summed E-state index contributed by atoms with van der Waals surface area (Å²) in [5.41, 5.74) is 6.01. The van der Waals surface area contributed by atoms with Crippen molar-refractivity contribution >= 4 is 22.1 Å². The molecule has 0 aliphatic heterocycles. The van der Waals surface area contributed by atoms with E-state index in [1.54, 1.807) is 44.3 Å². The van der Waals surface area contributed by atoms with E-state index in [2.05, 4.69) is 60.2 Å². The van der Waals surface area contributed by atoms with E-state index in [0.29, 0.717) is 44.9 Å². The molecule has 4 heterocycles. The Morgan fingerprint density at radius 1 is 0.863 bits per heavy atom. The standard InChI is InChI=1S/C30H29N2O.C16H18N.Ir/c1-29(2,3)19-20-16-17-31-25(18-20)24-13-9-12-22-23-14-15-26(32-28(23)33-27(22)24)30(4,5)21-10-7-6-8-11-21;1-11(2)15-9-16(17-10-13(15)4)14-7-5-12(3)6-8-14;/h6-12,14-18H,19H2,1-5H3;5-7,9-11H,1-4H3;/q2*-1;/i19D2;3D3,4D3,11D;. The van der Waals surface area contributed by atoms with Crippen molar-refractivity contribution in [3.63, 3.8) is 0 Å². The van der Waals surface area contributed by atoms with Gasteiger partial charge in [0, 0.05) is 55.6 Å². The van der Waals surface area contributed by atoms with Crippen LogP contribution in [0.1, 0.15) is 100 Å². The van der Waals surface area contributed by atoms with Crippen molar-refractivity contribution in [3.05, 3.63) is 149 Å². The van der Waals surface area contributed by atoms with Crippen LogP contribution in [0.3, 0.4) is 0 Å². The van der Waals surface area contributed by atoms with Gasteiger partial charge in [-0.15, -0.1) is 53.6 Å². The van der Waals surface area contributed by atoms with E-state index in [0.717, 1.165) is 16.5 Å². The van der Waals surface area contributed by atoms with Crippen molar-refractivity contribution < 1.29 is 36.9 Å². The Kier molecular flexibility index (Phi) is 8.24. The average molecular weight is 859 g/mol. The number of furan rings is 1. The summed E-state index contributed by atoms with van der Waals surface area (Å²) >= 11 is 0. The molecule has 0 saturated carbocycles. The summed E-state index contributed by atoms with van der Waals surface area (Å²) in [6.07, 6.45) is 1.40. The van der Waals surface area contributed by atoms with Crippen molar-refractivity contribution in [1.29, 1.82) is 0 Å². The van der Waals surface area contributed by atoms with Crippen LogP contribution in [0.25, 0.3) is 44.6 Å². The second-order valence-electron chi connectivity index (χ2n) is 14.1. The Morgan fingerprint density at radius 2 is 1.67 bits per heavy atom. The maximum Gasteiger partial charge on any atom is 0.216 e. The normalized spacial score (nSPS) is 15.3. The first-order chi connectivity index (χ1) is 27.3. The zero-order chi connectivity index (χ0) is 43.3. The first-order valence-corrected chi connectivity index (χ1v) is 16.6. The predicted molar refractivity (Wildman–Crippen MR) is 207 cm³/mol. The van der Waals surface area contributed by atoms with Gasteiger partial charge in [0.2, 0.25) is 5.71 Å². The van der Waals surface area contributed by atoms with Gasteiger partial charge in [0.1, 0.15) is 0 Å². The Hall–Kier alpha value is -4.44. The van der Waals surface area contributed by atoms with Gasteiger partial charge in [0.15, 0.2) is 0 Å². The third kappa shape index (κ3) is 8.55. The molecule has 0 saturated heterocycles. The minimum absolute atomic E-state index is 0. The van der Waals surface area contributed by atoms with Gasteiger partial charge >= 0.3 is 0 Å². The van der Waals surface area contributed by atoms with Gasteiger partial charge in [-0.1, -0.05) is 114 Å². The van der Waals surface area contributed by atoms with Gasteiger partial charge in [-0.2, -0.15) is 0 Å². The predicted octanol–water partition coefficient (Wildman–Crippen LogP) is 12.0. The number of pyridine rings is 3. The van der Waals surface area contributed by atoms with Gasteiger partial charge in [-0.05, 0) is 70.8 Å². The van der Waals surface area contributed by atoms with Gasteiger partial charge < -0.3 is 14.4 Å². The number of hydrogen-bond acceptors (Lipinski definition) is 4. The van der Waals surface area contributed by atoms with Crippen molar-refractivity contribution in [2.45, 2.75) is 79.9 Å². The van der Waals surface area contributed by atoms with Crippen molar-refractivity contribution in [3.8, 4) is 22.5 Å². The Balaban J connectivity index is 0.000000240. The summed E-state index contributed by atoms with van der Waals surface area (Å²) in [6, 6.07) is 34.0. The minimum Gasteiger partial charge on any atom is -0.486 e. The van der Waals surface area contributed by atoms with Crippen molar-refractivity contribution in [2.75, 3.05) is 0 Å². The third-order valence-corrected chi connectivity index (χ3v) is 8.50. The van der Waals surface area contributed by atoms with Crippen LogP contribution in [-0.4, -0.2) is 15.0 Å². The summed E-state index contributed by atoms with van der Waals surface area (Å²) in [5.74, 6) is -1.11. The molecule has 0 spiro atoms. The average Bonchev–Trinajstić information content (AvgIpc) is 3.55. The largest absolute Gasteiger partial charge is 0.486 e. The summed E-state index contributed by atoms with van der Waals surface area (Å²) in [4.78, 5) is 13.6. The molecule has 0 aliphatic carbocycles. The smallest absolute Gasteiger partial charge is 0.216 e. The molecule has 0 aliphatic rings. The first kappa shape index (κ1) is 27.2. The van der Waals surface area contributed by atoms with Crippen molar-refractivity contribution in [2.24, 2.45) is 5.41 Å². The first-order valence-electron chi connectivity index (χ1n) is 21.1. The number of aromatic nitrogens is 3. The van der Waals surface area contributed by atoms with Crippen LogP contribution in [0.4, 0.5) is 0 Å². The SMILES string of the molecule is [2H]C([2H])([2H])c1c[c-]c(-c2cc(C([2H])(C)C)c(C([2H])([2H])[2H])cn2)cc1.[2H]C([2H])(c1ccnc(-c2[c-]ccc3c2oc2nc(C(C)(C)c4ccccc4)ccc23)c1)C(C)(C)C.[Ir]. The fourth-order valence-electron chi connectivity index (χ4n) is 5.84. The molecule has 1 radical (unpaired) electrons. The van der Waals surface area contributed by atoms with Gasteiger partial charge in [-0.25, -0.2) is 4.98 Å². The van der Waals surface area contributed by atoms with Gasteiger partial charge in [0.25, 0.3) is 0 Å². The second-order valence-corrected chi connectivity index (χ2v) is 14.1. The zero-order valence-electron chi connectivity index (χ0n) is 38.9. The van der Waals surface area contributed by atoms with Crippen LogP contribution in [0.5, 0.6) is 0 Å². The van der Waals surface area contributed by atoms with Gasteiger partial charge in [-0.3, -0.25) is 0 Å². The molecule has 0 amide bonds. The number of nitrogens with zero attached hydrogens (tertiary/aromatic N) is 3. The molecule has 7 aromatic rings. The molecule has 0 bridgehead atoms. The minimum atomic E-state index is -2.35. The maximum atomic E-state index is 8.68. The molecular weight excluding hydrogens is 803 g/mol. The fraction of sp³-hybridized carbons (Fsp3) is 0.283. The van der Waals surface area contributed by atoms with Crippen LogP contribution in [0.2, 0.25) is 0 Å². The van der Waals surface area contributed by atoms with E-state index in [1.165, 1.54) is 23.9 Å². The molecule has 4 nitrogen and oxygen atoms in total. The topological polar surface area (TPSA) is 51.8 Å². The summed E-state index contributed by atoms with van der Waals surface area (Å²) in [6.45, 7) is 8.70. The Labute approximate surface area is 329 Å². The molecule has 51 heavy (non-hydrogen) atoms. The second kappa shape index (κ2) is 15.4. The number of benzene rings is 3. The molecule has 5 heteroatoms. The Bertz CT molecular complexity index is 2600. The maximum absolute atomic E-state index is 8.68. The van der Waals surface area contributed by atoms with E-state index in [4.69, 9.17) is 21.7 Å². The molecule has 7 rings (SSSR count). The van der Waals surface area contributed by atoms with Crippen LogP contribution in [0.15, 0.2) is 108 Å². The van der Waals surface area contributed by atoms with Crippen LogP contribution in [-0.2, 0) is 31.9 Å². The van der Waals surface area contributed by atoms with E-state index in [1.807, 2.05) is 51.1 Å². The fourth-order valence-corrected chi connectivity index (χ4v) is 5.84. The van der Waals surface area contributed by atoms with E-state index >= 15 is 0 Å². The molecule has 3 aromatic carbocycles. The number of aryl methyl sites for hydroxylation is 2. The van der Waals surface area contributed by atoms with E-state index < -0.39 is 31.4 Å². The number of fused-ring (bicyclic) bond motifs is 3. The zero-order valence-corrected chi connectivity index (χ0v) is 32.3. The molecule has 0 atom stereocenters. The van der Waals surface area contributed by atoms with Crippen LogP contribution >= 0.6 is 0 Å². The van der Waals surface area contributed by atoms with Gasteiger partial charge in [0.05, 0.1) is 11.3 Å². The molecular formula is C46H47IrN3O-2. The molecule has 0 N–H and O–H groups in total. The Morgan fingerprint density at radius 3 is 2.35 bits per heavy atom. The quantitative estimate of drug-likeness (QED) is 0.156.